The van der Waals surface area contributed by atoms with Crippen LogP contribution in [-0.2, 0) is 11.3 Å². The van der Waals surface area contributed by atoms with Gasteiger partial charge in [0.1, 0.15) is 18.1 Å². The zero-order chi connectivity index (χ0) is 21.5. The molecule has 0 atom stereocenters. The Hall–Kier alpha value is -3.28. The number of ether oxygens (including phenoxy) is 1. The molecule has 0 aromatic carbocycles. The molecule has 3 aromatic rings. The molecular formula is C24H28N4O2. The van der Waals surface area contributed by atoms with E-state index in [0.29, 0.717) is 6.61 Å². The van der Waals surface area contributed by atoms with Crippen LogP contribution in [0, 0.1) is 20.8 Å². The van der Waals surface area contributed by atoms with Gasteiger partial charge in [0.2, 0.25) is 0 Å². The van der Waals surface area contributed by atoms with Crippen LogP contribution in [0.5, 0.6) is 5.75 Å². The van der Waals surface area contributed by atoms with Crippen molar-refractivity contribution in [1.29, 1.82) is 0 Å². The number of oxime groups is 1. The number of rotatable bonds is 8. The second-order valence-electron chi connectivity index (χ2n) is 7.33. The van der Waals surface area contributed by atoms with E-state index in [1.165, 1.54) is 5.56 Å². The lowest BCUT2D eigenvalue weighted by molar-refractivity contribution is 0.141. The van der Waals surface area contributed by atoms with E-state index in [1.54, 1.807) is 7.11 Å². The van der Waals surface area contributed by atoms with E-state index < -0.39 is 0 Å². The minimum absolute atomic E-state index is 0.518. The first-order valence-electron chi connectivity index (χ1n) is 10.1. The summed E-state index contributed by atoms with van der Waals surface area (Å²) in [4.78, 5) is 19.3. The zero-order valence-electron chi connectivity index (χ0n) is 18.3. The van der Waals surface area contributed by atoms with Gasteiger partial charge in [-0.05, 0) is 70.4 Å². The molecule has 0 amide bonds. The predicted octanol–water partition coefficient (Wildman–Crippen LogP) is 4.85. The molecule has 0 aliphatic heterocycles. The molecule has 0 radical (unpaired) electrons. The molecule has 3 aromatic heterocycles. The van der Waals surface area contributed by atoms with E-state index in [0.717, 1.165) is 58.5 Å². The number of nitrogens with zero attached hydrogens (tertiary/aromatic N) is 4. The molecule has 0 unspecified atom stereocenters. The van der Waals surface area contributed by atoms with Crippen LogP contribution >= 0.6 is 0 Å². The largest absolute Gasteiger partial charge is 0.497 e. The highest BCUT2D eigenvalue weighted by Gasteiger charge is 2.07. The number of hydrogen-bond acceptors (Lipinski definition) is 6. The third kappa shape index (κ3) is 5.86. The molecule has 0 bridgehead atoms. The first kappa shape index (κ1) is 21.4. The van der Waals surface area contributed by atoms with E-state index in [2.05, 4.69) is 22.0 Å². The fourth-order valence-corrected chi connectivity index (χ4v) is 3.18. The van der Waals surface area contributed by atoms with Crippen molar-refractivity contribution in [2.24, 2.45) is 5.16 Å². The summed E-state index contributed by atoms with van der Waals surface area (Å²) in [5.41, 5.74) is 7.32. The Balaban J connectivity index is 1.57. The van der Waals surface area contributed by atoms with Crippen LogP contribution in [0.2, 0.25) is 0 Å². The standard InChI is InChI=1S/C24H28N4O2/c1-16-12-17(2)25-23(13-16)19(4)28-30-11-7-9-20-8-6-10-22(27-20)24-15-21(29-5)14-18(3)26-24/h6,8,10,12-15H,7,9,11H2,1-5H3/b28-19+. The topological polar surface area (TPSA) is 69.5 Å². The van der Waals surface area contributed by atoms with Crippen LogP contribution in [0.15, 0.2) is 47.6 Å². The molecule has 0 aliphatic rings. The normalized spacial score (nSPS) is 11.4. The summed E-state index contributed by atoms with van der Waals surface area (Å²) in [5.74, 6) is 0.782. The Labute approximate surface area is 178 Å². The molecule has 3 rings (SSSR count). The smallest absolute Gasteiger partial charge is 0.122 e. The van der Waals surface area contributed by atoms with Gasteiger partial charge in [-0.3, -0.25) is 15.0 Å². The molecule has 0 N–H and O–H groups in total. The lowest BCUT2D eigenvalue weighted by Crippen LogP contribution is -2.03. The maximum Gasteiger partial charge on any atom is 0.122 e. The maximum atomic E-state index is 5.50. The second kappa shape index (κ2) is 9.96. The lowest BCUT2D eigenvalue weighted by atomic mass is 10.1. The summed E-state index contributed by atoms with van der Waals surface area (Å²) >= 11 is 0. The molecule has 0 fully saturated rings. The number of aromatic nitrogens is 3. The van der Waals surface area contributed by atoms with Gasteiger partial charge >= 0.3 is 0 Å². The quantitative estimate of drug-likeness (QED) is 0.305. The predicted molar refractivity (Wildman–Crippen MR) is 119 cm³/mol. The minimum Gasteiger partial charge on any atom is -0.497 e. The van der Waals surface area contributed by atoms with Gasteiger partial charge in [0.25, 0.3) is 0 Å². The highest BCUT2D eigenvalue weighted by atomic mass is 16.6. The number of aryl methyl sites for hydroxylation is 4. The molecule has 6 nitrogen and oxygen atoms in total. The fraction of sp³-hybridized carbons (Fsp3) is 0.333. The molecule has 0 saturated carbocycles. The van der Waals surface area contributed by atoms with Crippen molar-refractivity contribution in [2.75, 3.05) is 13.7 Å². The highest BCUT2D eigenvalue weighted by molar-refractivity contribution is 5.96. The minimum atomic E-state index is 0.518. The third-order valence-corrected chi connectivity index (χ3v) is 4.57. The van der Waals surface area contributed by atoms with Crippen molar-refractivity contribution in [1.82, 2.24) is 15.0 Å². The summed E-state index contributed by atoms with van der Waals surface area (Å²) in [5, 5.41) is 4.21. The Morgan fingerprint density at radius 1 is 0.933 bits per heavy atom. The van der Waals surface area contributed by atoms with E-state index in [1.807, 2.05) is 63.2 Å². The molecule has 0 saturated heterocycles. The van der Waals surface area contributed by atoms with E-state index in [-0.39, 0.29) is 0 Å². The van der Waals surface area contributed by atoms with Crippen molar-refractivity contribution in [3.8, 4) is 17.1 Å². The summed E-state index contributed by atoms with van der Waals surface area (Å²) in [6.07, 6.45) is 1.62. The highest BCUT2D eigenvalue weighted by Crippen LogP contribution is 2.22. The van der Waals surface area contributed by atoms with Gasteiger partial charge in [-0.25, -0.2) is 0 Å². The molecule has 30 heavy (non-hydrogen) atoms. The summed E-state index contributed by atoms with van der Waals surface area (Å²) in [7, 11) is 1.66. The summed E-state index contributed by atoms with van der Waals surface area (Å²) in [6.45, 7) is 8.41. The van der Waals surface area contributed by atoms with Crippen molar-refractivity contribution < 1.29 is 9.57 Å². The van der Waals surface area contributed by atoms with Crippen molar-refractivity contribution in [3.05, 3.63) is 70.8 Å². The van der Waals surface area contributed by atoms with Crippen LogP contribution in [-0.4, -0.2) is 34.4 Å². The van der Waals surface area contributed by atoms with Gasteiger partial charge < -0.3 is 9.57 Å². The van der Waals surface area contributed by atoms with Gasteiger partial charge in [-0.1, -0.05) is 11.2 Å². The van der Waals surface area contributed by atoms with Gasteiger partial charge in [0.05, 0.1) is 24.2 Å². The molecule has 6 heteroatoms. The molecule has 3 heterocycles. The van der Waals surface area contributed by atoms with Gasteiger partial charge in [0, 0.05) is 29.2 Å². The Morgan fingerprint density at radius 3 is 2.50 bits per heavy atom. The average Bonchev–Trinajstić information content (AvgIpc) is 2.72. The van der Waals surface area contributed by atoms with Crippen LogP contribution < -0.4 is 4.74 Å². The van der Waals surface area contributed by atoms with Gasteiger partial charge in [0.15, 0.2) is 0 Å². The fourth-order valence-electron chi connectivity index (χ4n) is 3.18. The summed E-state index contributed by atoms with van der Waals surface area (Å²) < 4.78 is 5.34. The monoisotopic (exact) mass is 404 g/mol. The maximum absolute atomic E-state index is 5.50. The molecule has 0 aliphatic carbocycles. The molecular weight excluding hydrogens is 376 g/mol. The van der Waals surface area contributed by atoms with Crippen molar-refractivity contribution >= 4 is 5.71 Å². The summed E-state index contributed by atoms with van der Waals surface area (Å²) in [6, 6.07) is 13.8. The van der Waals surface area contributed by atoms with Crippen LogP contribution in [0.1, 0.15) is 41.7 Å². The number of methoxy groups -OCH3 is 1. The Morgan fingerprint density at radius 2 is 1.73 bits per heavy atom. The first-order chi connectivity index (χ1) is 14.4. The SMILES string of the molecule is COc1cc(C)nc(-c2cccc(CCCO/N=C(\C)c3cc(C)cc(C)n3)n2)c1. The second-order valence-corrected chi connectivity index (χ2v) is 7.33. The Bertz CT molecular complexity index is 1030. The average molecular weight is 405 g/mol. The lowest BCUT2D eigenvalue weighted by Gasteiger charge is -2.07. The number of hydrogen-bond donors (Lipinski definition) is 0. The van der Waals surface area contributed by atoms with Crippen LogP contribution in [0.25, 0.3) is 11.4 Å². The third-order valence-electron chi connectivity index (χ3n) is 4.57. The zero-order valence-corrected chi connectivity index (χ0v) is 18.3. The van der Waals surface area contributed by atoms with Crippen molar-refractivity contribution in [3.63, 3.8) is 0 Å². The Kier molecular flexibility index (Phi) is 7.12. The number of pyridine rings is 3. The van der Waals surface area contributed by atoms with Crippen molar-refractivity contribution in [2.45, 2.75) is 40.5 Å². The first-order valence-corrected chi connectivity index (χ1v) is 10.1. The van der Waals surface area contributed by atoms with E-state index in [4.69, 9.17) is 14.6 Å². The van der Waals surface area contributed by atoms with Gasteiger partial charge in [-0.2, -0.15) is 0 Å². The molecule has 0 spiro atoms. The van der Waals surface area contributed by atoms with Crippen LogP contribution in [0.4, 0.5) is 0 Å². The molecule has 156 valence electrons. The van der Waals surface area contributed by atoms with Gasteiger partial charge in [-0.15, -0.1) is 0 Å². The van der Waals surface area contributed by atoms with E-state index in [9.17, 15) is 0 Å². The van der Waals surface area contributed by atoms with Crippen LogP contribution in [0.3, 0.4) is 0 Å². The van der Waals surface area contributed by atoms with E-state index >= 15 is 0 Å².